The molecule has 20 heavy (non-hydrogen) atoms. The highest BCUT2D eigenvalue weighted by atomic mass is 127. The Labute approximate surface area is 139 Å². The highest BCUT2D eigenvalue weighted by molar-refractivity contribution is 14.1. The van der Waals surface area contributed by atoms with Gasteiger partial charge >= 0.3 is 0 Å². The van der Waals surface area contributed by atoms with Crippen molar-refractivity contribution in [2.45, 2.75) is 0 Å². The van der Waals surface area contributed by atoms with Crippen molar-refractivity contribution < 1.29 is 14.3 Å². The molecular formula is C13H12INO3S2. The van der Waals surface area contributed by atoms with Crippen molar-refractivity contribution in [3.63, 3.8) is 0 Å². The third-order valence-corrected chi connectivity index (χ3v) is 5.19. The Morgan fingerprint density at radius 2 is 2.10 bits per heavy atom. The van der Waals surface area contributed by atoms with E-state index in [1.165, 1.54) is 11.8 Å². The minimum absolute atomic E-state index is 0.0286. The van der Waals surface area contributed by atoms with Crippen molar-refractivity contribution in [2.75, 3.05) is 20.5 Å². The van der Waals surface area contributed by atoms with Crippen LogP contribution in [0.2, 0.25) is 0 Å². The Bertz CT molecular complexity index is 614. The van der Waals surface area contributed by atoms with Gasteiger partial charge < -0.3 is 9.47 Å². The van der Waals surface area contributed by atoms with E-state index in [1.54, 1.807) is 20.3 Å². The Balaban J connectivity index is 2.42. The molecule has 4 nitrogen and oxygen atoms in total. The first-order chi connectivity index (χ1) is 9.58. The largest absolute Gasteiger partial charge is 0.493 e. The first-order valence-electron chi connectivity index (χ1n) is 5.57. The predicted molar refractivity (Wildman–Crippen MR) is 93.8 cm³/mol. The lowest BCUT2D eigenvalue weighted by atomic mass is 10.1. The molecule has 0 N–H and O–H groups in total. The summed E-state index contributed by atoms with van der Waals surface area (Å²) in [6, 6.07) is 3.76. The first kappa shape index (κ1) is 15.7. The van der Waals surface area contributed by atoms with E-state index in [2.05, 4.69) is 27.6 Å². The summed E-state index contributed by atoms with van der Waals surface area (Å²) in [4.78, 5) is 16.1. The fourth-order valence-electron chi connectivity index (χ4n) is 1.66. The monoisotopic (exact) mass is 421 g/mol. The highest BCUT2D eigenvalue weighted by Gasteiger charge is 2.21. The number of rotatable bonds is 3. The van der Waals surface area contributed by atoms with Crippen LogP contribution in [0.15, 0.2) is 22.8 Å². The summed E-state index contributed by atoms with van der Waals surface area (Å²) in [6.07, 6.45) is 3.67. The van der Waals surface area contributed by atoms with Crippen LogP contribution in [0.5, 0.6) is 11.5 Å². The Hall–Kier alpha value is -0.670. The van der Waals surface area contributed by atoms with Crippen molar-refractivity contribution in [1.82, 2.24) is 0 Å². The first-order valence-corrected chi connectivity index (χ1v) is 8.69. The van der Waals surface area contributed by atoms with E-state index in [-0.39, 0.29) is 5.12 Å². The summed E-state index contributed by atoms with van der Waals surface area (Å²) in [7, 11) is 3.19. The Morgan fingerprint density at radius 3 is 2.65 bits per heavy atom. The van der Waals surface area contributed by atoms with Crippen LogP contribution in [0.25, 0.3) is 6.08 Å². The molecule has 1 aliphatic heterocycles. The van der Waals surface area contributed by atoms with Gasteiger partial charge in [0.2, 0.25) is 5.12 Å². The van der Waals surface area contributed by atoms with Crippen LogP contribution in [-0.2, 0) is 4.79 Å². The van der Waals surface area contributed by atoms with Crippen molar-refractivity contribution in [2.24, 2.45) is 4.99 Å². The van der Waals surface area contributed by atoms with Gasteiger partial charge in [0, 0.05) is 0 Å². The molecule has 1 aromatic rings. The zero-order valence-corrected chi connectivity index (χ0v) is 14.9. The molecule has 1 heterocycles. The molecule has 7 heteroatoms. The zero-order chi connectivity index (χ0) is 14.7. The van der Waals surface area contributed by atoms with Gasteiger partial charge in [-0.05, 0) is 64.4 Å². The quantitative estimate of drug-likeness (QED) is 0.551. The number of carbonyl (C=O) groups excluding carboxylic acids is 1. The van der Waals surface area contributed by atoms with Gasteiger partial charge in [0.25, 0.3) is 0 Å². The van der Waals surface area contributed by atoms with Crippen LogP contribution >= 0.6 is 46.1 Å². The van der Waals surface area contributed by atoms with E-state index in [0.29, 0.717) is 17.2 Å². The Kier molecular flexibility index (Phi) is 5.39. The molecule has 1 aliphatic rings. The van der Waals surface area contributed by atoms with Crippen molar-refractivity contribution in [1.29, 1.82) is 0 Å². The maximum Gasteiger partial charge on any atom is 0.244 e. The highest BCUT2D eigenvalue weighted by Crippen LogP contribution is 2.35. The van der Waals surface area contributed by atoms with Crippen LogP contribution in [0.4, 0.5) is 0 Å². The lowest BCUT2D eigenvalue weighted by Crippen LogP contribution is -1.95. The summed E-state index contributed by atoms with van der Waals surface area (Å²) >= 11 is 4.81. The molecule has 0 unspecified atom stereocenters. The molecule has 0 saturated carbocycles. The summed E-state index contributed by atoms with van der Waals surface area (Å²) < 4.78 is 12.3. The molecule has 0 radical (unpaired) electrons. The molecule has 0 atom stereocenters. The number of nitrogens with zero attached hydrogens (tertiary/aromatic N) is 1. The molecule has 0 aliphatic carbocycles. The van der Waals surface area contributed by atoms with Gasteiger partial charge in [0.1, 0.15) is 10.1 Å². The average Bonchev–Trinajstić information content (AvgIpc) is 2.78. The molecule has 2 rings (SSSR count). The summed E-state index contributed by atoms with van der Waals surface area (Å²) in [5.41, 5.74) is 1.32. The number of hydrogen-bond donors (Lipinski definition) is 0. The molecular weight excluding hydrogens is 409 g/mol. The number of methoxy groups -OCH3 is 2. The number of ether oxygens (including phenoxy) is 2. The minimum atomic E-state index is -0.0286. The number of halogens is 1. The van der Waals surface area contributed by atoms with Crippen molar-refractivity contribution >= 4 is 61.7 Å². The van der Waals surface area contributed by atoms with E-state index in [4.69, 9.17) is 9.47 Å². The second kappa shape index (κ2) is 6.86. The maximum absolute atomic E-state index is 11.8. The number of hydrogen-bond acceptors (Lipinski definition) is 6. The van der Waals surface area contributed by atoms with Crippen LogP contribution < -0.4 is 9.47 Å². The van der Waals surface area contributed by atoms with Crippen LogP contribution in [0.1, 0.15) is 5.56 Å². The normalized spacial score (nSPS) is 16.5. The second-order valence-electron chi connectivity index (χ2n) is 3.74. The van der Waals surface area contributed by atoms with E-state index >= 15 is 0 Å². The van der Waals surface area contributed by atoms with Crippen molar-refractivity contribution in [3.8, 4) is 11.5 Å². The third kappa shape index (κ3) is 3.32. The van der Waals surface area contributed by atoms with Crippen LogP contribution in [-0.4, -0.2) is 30.0 Å². The van der Waals surface area contributed by atoms with Gasteiger partial charge in [-0.2, -0.15) is 0 Å². The van der Waals surface area contributed by atoms with Crippen LogP contribution in [0, 0.1) is 3.57 Å². The average molecular weight is 421 g/mol. The van der Waals surface area contributed by atoms with Crippen molar-refractivity contribution in [3.05, 3.63) is 27.0 Å². The smallest absolute Gasteiger partial charge is 0.244 e. The number of thioether (sulfide) groups is 2. The second-order valence-corrected chi connectivity index (χ2v) is 6.92. The van der Waals surface area contributed by atoms with E-state index in [9.17, 15) is 4.79 Å². The summed E-state index contributed by atoms with van der Waals surface area (Å²) in [5, 5.41) is -0.0286. The van der Waals surface area contributed by atoms with E-state index in [1.807, 2.05) is 18.4 Å². The standard InChI is InChI=1S/C13H12INO3S2/c1-17-10-6-7(4-8(14)11(10)18-2)5-9-12(16)20-13(15-9)19-3/h4-6H,1-3H3. The Morgan fingerprint density at radius 1 is 1.35 bits per heavy atom. The maximum atomic E-state index is 11.8. The lowest BCUT2D eigenvalue weighted by molar-refractivity contribution is -0.107. The van der Waals surface area contributed by atoms with Gasteiger partial charge in [0.05, 0.1) is 17.8 Å². The fraction of sp³-hybridized carbons (Fsp3) is 0.231. The number of aliphatic imine (C=N–C) groups is 1. The molecule has 0 bridgehead atoms. The van der Waals surface area contributed by atoms with E-state index in [0.717, 1.165) is 25.3 Å². The molecule has 0 spiro atoms. The molecule has 0 saturated heterocycles. The number of benzene rings is 1. The zero-order valence-electron chi connectivity index (χ0n) is 11.1. The molecule has 0 fully saturated rings. The molecule has 106 valence electrons. The number of carbonyl (C=O) groups is 1. The van der Waals surface area contributed by atoms with E-state index < -0.39 is 0 Å². The SMILES string of the molecule is COc1cc(C=C2N=C(SC)SC2=O)cc(I)c1OC. The topological polar surface area (TPSA) is 47.9 Å². The van der Waals surface area contributed by atoms with Gasteiger partial charge in [-0.1, -0.05) is 0 Å². The molecule has 0 amide bonds. The van der Waals surface area contributed by atoms with Gasteiger partial charge in [0.15, 0.2) is 11.5 Å². The molecule has 1 aromatic carbocycles. The van der Waals surface area contributed by atoms with Gasteiger partial charge in [-0.15, -0.1) is 11.8 Å². The van der Waals surface area contributed by atoms with Gasteiger partial charge in [-0.3, -0.25) is 4.79 Å². The third-order valence-electron chi connectivity index (χ3n) is 2.53. The predicted octanol–water partition coefficient (Wildman–Crippen LogP) is 3.64. The molecule has 0 aromatic heterocycles. The minimum Gasteiger partial charge on any atom is -0.493 e. The fourth-order valence-corrected chi connectivity index (χ4v) is 3.76. The summed E-state index contributed by atoms with van der Waals surface area (Å²) in [5.74, 6) is 1.33. The lowest BCUT2D eigenvalue weighted by Gasteiger charge is -2.10. The van der Waals surface area contributed by atoms with Gasteiger partial charge in [-0.25, -0.2) is 4.99 Å². The summed E-state index contributed by atoms with van der Waals surface area (Å²) in [6.45, 7) is 0. The van der Waals surface area contributed by atoms with Crippen LogP contribution in [0.3, 0.4) is 0 Å².